The highest BCUT2D eigenvalue weighted by atomic mass is 16.5. The fourth-order valence-electron chi connectivity index (χ4n) is 2.94. The number of aliphatic hydroxyl groups is 1. The molecule has 1 aliphatic rings. The molecule has 0 radical (unpaired) electrons. The van der Waals surface area contributed by atoms with Gasteiger partial charge in [0.2, 0.25) is 0 Å². The number of benzene rings is 2. The van der Waals surface area contributed by atoms with Gasteiger partial charge in [-0.3, -0.25) is 0 Å². The van der Waals surface area contributed by atoms with Crippen LogP contribution in [0.2, 0.25) is 0 Å². The van der Waals surface area contributed by atoms with Crippen LogP contribution in [0.3, 0.4) is 0 Å². The summed E-state index contributed by atoms with van der Waals surface area (Å²) >= 11 is 0. The minimum absolute atomic E-state index is 0.0687. The van der Waals surface area contributed by atoms with Crippen LogP contribution in [0.15, 0.2) is 36.4 Å². The van der Waals surface area contributed by atoms with Gasteiger partial charge in [-0.05, 0) is 44.0 Å². The van der Waals surface area contributed by atoms with Gasteiger partial charge in [-0.1, -0.05) is 35.4 Å². The zero-order chi connectivity index (χ0) is 14.3. The van der Waals surface area contributed by atoms with E-state index in [0.29, 0.717) is 6.42 Å². The number of aliphatic hydroxyl groups excluding tert-OH is 1. The van der Waals surface area contributed by atoms with Crippen molar-refractivity contribution in [1.82, 2.24) is 0 Å². The fraction of sp³-hybridized carbons (Fsp3) is 0.333. The van der Waals surface area contributed by atoms with Gasteiger partial charge in [-0.2, -0.15) is 0 Å². The second-order valence-corrected chi connectivity index (χ2v) is 5.76. The minimum atomic E-state index is -0.454. The highest BCUT2D eigenvalue weighted by Gasteiger charge is 2.28. The van der Waals surface area contributed by atoms with Crippen LogP contribution in [0.4, 0.5) is 0 Å². The van der Waals surface area contributed by atoms with Crippen LogP contribution in [-0.2, 0) is 0 Å². The molecule has 0 saturated carbocycles. The lowest BCUT2D eigenvalue weighted by Crippen LogP contribution is -2.19. The van der Waals surface area contributed by atoms with Crippen LogP contribution >= 0.6 is 0 Å². The minimum Gasteiger partial charge on any atom is -0.485 e. The Morgan fingerprint density at radius 2 is 1.65 bits per heavy atom. The molecule has 2 nitrogen and oxygen atoms in total. The first-order valence-electron chi connectivity index (χ1n) is 7.07. The number of aryl methyl sites for hydroxylation is 3. The third kappa shape index (κ3) is 2.32. The van der Waals surface area contributed by atoms with Crippen LogP contribution < -0.4 is 4.74 Å². The van der Waals surface area contributed by atoms with E-state index >= 15 is 0 Å². The van der Waals surface area contributed by atoms with E-state index in [4.69, 9.17) is 4.74 Å². The second kappa shape index (κ2) is 4.95. The number of hydrogen-bond donors (Lipinski definition) is 1. The summed E-state index contributed by atoms with van der Waals surface area (Å²) in [5, 5.41) is 10.4. The molecule has 1 N–H and O–H groups in total. The SMILES string of the molecule is Cc1ccc(C2C[C@@H](O)c3cc(C)ccc3O2)c(C)c1. The molecule has 2 aromatic carbocycles. The van der Waals surface area contributed by atoms with Gasteiger partial charge in [0.15, 0.2) is 0 Å². The van der Waals surface area contributed by atoms with E-state index in [9.17, 15) is 5.11 Å². The van der Waals surface area contributed by atoms with Gasteiger partial charge in [0.05, 0.1) is 6.10 Å². The van der Waals surface area contributed by atoms with Crippen LogP contribution in [-0.4, -0.2) is 5.11 Å². The lowest BCUT2D eigenvalue weighted by atomic mass is 9.91. The Morgan fingerprint density at radius 1 is 0.950 bits per heavy atom. The van der Waals surface area contributed by atoms with E-state index < -0.39 is 6.10 Å². The molecule has 0 spiro atoms. The maximum atomic E-state index is 10.4. The summed E-state index contributed by atoms with van der Waals surface area (Å²) in [6.07, 6.45) is 0.0885. The van der Waals surface area contributed by atoms with E-state index in [1.807, 2.05) is 25.1 Å². The first-order chi connectivity index (χ1) is 9.54. The molecule has 1 heterocycles. The lowest BCUT2D eigenvalue weighted by molar-refractivity contribution is 0.0654. The summed E-state index contributed by atoms with van der Waals surface area (Å²) in [5.74, 6) is 0.805. The molecule has 2 atom stereocenters. The van der Waals surface area contributed by atoms with Crippen molar-refractivity contribution >= 4 is 0 Å². The average Bonchev–Trinajstić information content (AvgIpc) is 2.39. The molecule has 0 bridgehead atoms. The Bertz CT molecular complexity index is 646. The molecule has 104 valence electrons. The molecule has 20 heavy (non-hydrogen) atoms. The van der Waals surface area contributed by atoms with Crippen molar-refractivity contribution < 1.29 is 9.84 Å². The molecular weight excluding hydrogens is 248 g/mol. The number of ether oxygens (including phenoxy) is 1. The summed E-state index contributed by atoms with van der Waals surface area (Å²) in [5.41, 5.74) is 5.69. The fourth-order valence-corrected chi connectivity index (χ4v) is 2.94. The van der Waals surface area contributed by atoms with Gasteiger partial charge < -0.3 is 9.84 Å². The first-order valence-corrected chi connectivity index (χ1v) is 7.07. The number of rotatable bonds is 1. The zero-order valence-electron chi connectivity index (χ0n) is 12.2. The molecule has 2 heteroatoms. The molecule has 0 fully saturated rings. The van der Waals surface area contributed by atoms with Crippen LogP contribution in [0.25, 0.3) is 0 Å². The standard InChI is InChI=1S/C18H20O2/c1-11-4-6-14(13(3)8-11)18-10-16(19)15-9-12(2)5-7-17(15)20-18/h4-9,16,18-19H,10H2,1-3H3/t16-,18?/m1/s1. The summed E-state index contributed by atoms with van der Waals surface area (Å²) in [4.78, 5) is 0. The van der Waals surface area contributed by atoms with Crippen molar-refractivity contribution in [1.29, 1.82) is 0 Å². The topological polar surface area (TPSA) is 29.5 Å². The molecule has 3 rings (SSSR count). The molecule has 0 aliphatic carbocycles. The zero-order valence-corrected chi connectivity index (χ0v) is 12.2. The van der Waals surface area contributed by atoms with Gasteiger partial charge in [-0.15, -0.1) is 0 Å². The van der Waals surface area contributed by atoms with Gasteiger partial charge in [0.1, 0.15) is 11.9 Å². The van der Waals surface area contributed by atoms with Gasteiger partial charge >= 0.3 is 0 Å². The Balaban J connectivity index is 1.97. The van der Waals surface area contributed by atoms with Gasteiger partial charge in [0, 0.05) is 12.0 Å². The predicted molar refractivity (Wildman–Crippen MR) is 80.0 cm³/mol. The monoisotopic (exact) mass is 268 g/mol. The van der Waals surface area contributed by atoms with Crippen LogP contribution in [0.1, 0.15) is 46.4 Å². The summed E-state index contributed by atoms with van der Waals surface area (Å²) < 4.78 is 6.10. The second-order valence-electron chi connectivity index (χ2n) is 5.76. The van der Waals surface area contributed by atoms with Crippen LogP contribution in [0, 0.1) is 20.8 Å². The van der Waals surface area contributed by atoms with E-state index in [-0.39, 0.29) is 6.10 Å². The average molecular weight is 268 g/mol. The Labute approximate surface area is 120 Å². The molecule has 1 unspecified atom stereocenters. The third-order valence-electron chi connectivity index (χ3n) is 4.00. The highest BCUT2D eigenvalue weighted by Crippen LogP contribution is 2.41. The van der Waals surface area contributed by atoms with E-state index in [1.54, 1.807) is 0 Å². The Hall–Kier alpha value is -1.80. The molecule has 0 aromatic heterocycles. The van der Waals surface area contributed by atoms with Crippen LogP contribution in [0.5, 0.6) is 5.75 Å². The smallest absolute Gasteiger partial charge is 0.127 e. The molecule has 2 aromatic rings. The number of hydrogen-bond acceptors (Lipinski definition) is 2. The Kier molecular flexibility index (Phi) is 3.27. The number of fused-ring (bicyclic) bond motifs is 1. The summed E-state index contributed by atoms with van der Waals surface area (Å²) in [7, 11) is 0. The van der Waals surface area contributed by atoms with Crippen molar-refractivity contribution in [2.45, 2.75) is 39.4 Å². The lowest BCUT2D eigenvalue weighted by Gasteiger charge is -2.31. The van der Waals surface area contributed by atoms with Crippen molar-refractivity contribution in [3.8, 4) is 5.75 Å². The van der Waals surface area contributed by atoms with Crippen molar-refractivity contribution in [2.75, 3.05) is 0 Å². The third-order valence-corrected chi connectivity index (χ3v) is 4.00. The molecule has 0 amide bonds. The predicted octanol–water partition coefficient (Wildman–Crippen LogP) is 4.17. The van der Waals surface area contributed by atoms with Crippen molar-refractivity contribution in [2.24, 2.45) is 0 Å². The Morgan fingerprint density at radius 3 is 2.40 bits per heavy atom. The molecular formula is C18H20O2. The van der Waals surface area contributed by atoms with Gasteiger partial charge in [-0.25, -0.2) is 0 Å². The maximum Gasteiger partial charge on any atom is 0.127 e. The maximum absolute atomic E-state index is 10.4. The normalized spacial score (nSPS) is 21.2. The summed E-state index contributed by atoms with van der Waals surface area (Å²) in [6.45, 7) is 6.22. The highest BCUT2D eigenvalue weighted by molar-refractivity contribution is 5.42. The summed E-state index contributed by atoms with van der Waals surface area (Å²) in [6, 6.07) is 12.4. The quantitative estimate of drug-likeness (QED) is 0.841. The van der Waals surface area contributed by atoms with E-state index in [0.717, 1.165) is 16.9 Å². The van der Waals surface area contributed by atoms with Gasteiger partial charge in [0.25, 0.3) is 0 Å². The van der Waals surface area contributed by atoms with E-state index in [1.165, 1.54) is 16.7 Å². The molecule has 1 aliphatic heterocycles. The largest absolute Gasteiger partial charge is 0.485 e. The molecule has 0 saturated heterocycles. The van der Waals surface area contributed by atoms with Crippen molar-refractivity contribution in [3.63, 3.8) is 0 Å². The first kappa shape index (κ1) is 13.2. The van der Waals surface area contributed by atoms with Crippen molar-refractivity contribution in [3.05, 3.63) is 64.2 Å². The van der Waals surface area contributed by atoms with E-state index in [2.05, 4.69) is 32.0 Å².